The van der Waals surface area contributed by atoms with Gasteiger partial charge in [0.2, 0.25) is 0 Å². The molecule has 0 aliphatic carbocycles. The first-order valence-electron chi connectivity index (χ1n) is 5.78. The summed E-state index contributed by atoms with van der Waals surface area (Å²) in [5.41, 5.74) is 2.69. The molecule has 106 valence electrons. The van der Waals surface area contributed by atoms with E-state index in [2.05, 4.69) is 17.1 Å². The van der Waals surface area contributed by atoms with E-state index < -0.39 is 9.85 Å². The third-order valence-corrected chi connectivity index (χ3v) is 2.47. The van der Waals surface area contributed by atoms with Gasteiger partial charge < -0.3 is 0 Å². The van der Waals surface area contributed by atoms with Gasteiger partial charge in [0.1, 0.15) is 5.69 Å². The predicted octanol–water partition coefficient (Wildman–Crippen LogP) is 3.26. The fourth-order valence-corrected chi connectivity index (χ4v) is 1.40. The fourth-order valence-electron chi connectivity index (χ4n) is 1.40. The number of non-ortho nitro benzene ring substituents is 1. The van der Waals surface area contributed by atoms with Gasteiger partial charge in [-0.15, -0.1) is 6.58 Å². The van der Waals surface area contributed by atoms with E-state index in [1.54, 1.807) is 13.0 Å². The van der Waals surface area contributed by atoms with Crippen LogP contribution in [0.25, 0.3) is 0 Å². The number of allylic oxidation sites excluding steroid dienone is 1. The molecule has 1 aromatic carbocycles. The summed E-state index contributed by atoms with van der Waals surface area (Å²) in [4.78, 5) is 20.1. The van der Waals surface area contributed by atoms with Crippen LogP contribution in [-0.4, -0.2) is 15.6 Å². The van der Waals surface area contributed by atoms with Gasteiger partial charge in [-0.3, -0.25) is 25.7 Å². The van der Waals surface area contributed by atoms with Crippen LogP contribution in [0.3, 0.4) is 0 Å². The number of benzene rings is 1. The van der Waals surface area contributed by atoms with Gasteiger partial charge in [-0.25, -0.2) is 0 Å². The van der Waals surface area contributed by atoms with Crippen LogP contribution >= 0.6 is 0 Å². The highest BCUT2D eigenvalue weighted by Gasteiger charge is 2.19. The number of hydrazone groups is 1. The largest absolute Gasteiger partial charge is 0.301 e. The average molecular weight is 278 g/mol. The van der Waals surface area contributed by atoms with Crippen molar-refractivity contribution in [3.63, 3.8) is 0 Å². The lowest BCUT2D eigenvalue weighted by Gasteiger charge is -2.03. The second-order valence-electron chi connectivity index (χ2n) is 4.00. The molecular weight excluding hydrogens is 264 g/mol. The first kappa shape index (κ1) is 15.3. The summed E-state index contributed by atoms with van der Waals surface area (Å²) in [6, 6.07) is 3.35. The van der Waals surface area contributed by atoms with E-state index in [0.29, 0.717) is 6.42 Å². The minimum atomic E-state index is -0.691. The zero-order valence-electron chi connectivity index (χ0n) is 10.9. The fraction of sp³-hybridized carbons (Fsp3) is 0.250. The molecule has 0 heterocycles. The molecule has 1 N–H and O–H groups in total. The maximum atomic E-state index is 10.9. The highest BCUT2D eigenvalue weighted by atomic mass is 16.6. The van der Waals surface area contributed by atoms with Crippen molar-refractivity contribution in [1.82, 2.24) is 0 Å². The third-order valence-electron chi connectivity index (χ3n) is 2.47. The molecule has 8 nitrogen and oxygen atoms in total. The third kappa shape index (κ3) is 4.16. The van der Waals surface area contributed by atoms with Crippen LogP contribution in [0.2, 0.25) is 0 Å². The van der Waals surface area contributed by atoms with Crippen LogP contribution in [0.1, 0.15) is 19.8 Å². The topological polar surface area (TPSA) is 111 Å². The van der Waals surface area contributed by atoms with E-state index in [9.17, 15) is 20.2 Å². The number of nitrogens with zero attached hydrogens (tertiary/aromatic N) is 3. The Morgan fingerprint density at radius 2 is 2.10 bits per heavy atom. The first-order valence-corrected chi connectivity index (χ1v) is 5.78. The predicted molar refractivity (Wildman–Crippen MR) is 75.9 cm³/mol. The zero-order chi connectivity index (χ0) is 15.1. The summed E-state index contributed by atoms with van der Waals surface area (Å²) in [6.45, 7) is 5.36. The quantitative estimate of drug-likeness (QED) is 0.356. The Kier molecular flexibility index (Phi) is 5.33. The van der Waals surface area contributed by atoms with Gasteiger partial charge in [-0.1, -0.05) is 6.08 Å². The summed E-state index contributed by atoms with van der Waals surface area (Å²) >= 11 is 0. The Morgan fingerprint density at radius 3 is 2.65 bits per heavy atom. The number of rotatable bonds is 7. The monoisotopic (exact) mass is 278 g/mol. The number of nitro benzene ring substituents is 2. The van der Waals surface area contributed by atoms with Crippen LogP contribution in [0.4, 0.5) is 17.1 Å². The van der Waals surface area contributed by atoms with Crippen molar-refractivity contribution in [1.29, 1.82) is 0 Å². The molecule has 0 fully saturated rings. The molecule has 8 heteroatoms. The Balaban J connectivity index is 2.97. The lowest BCUT2D eigenvalue weighted by Crippen LogP contribution is -2.01. The van der Waals surface area contributed by atoms with Crippen molar-refractivity contribution in [3.05, 3.63) is 51.1 Å². The van der Waals surface area contributed by atoms with E-state index in [1.165, 1.54) is 12.1 Å². The average Bonchev–Trinajstić information content (AvgIpc) is 2.42. The van der Waals surface area contributed by atoms with Gasteiger partial charge in [-0.05, 0) is 25.8 Å². The number of nitro groups is 2. The summed E-state index contributed by atoms with van der Waals surface area (Å²) in [7, 11) is 0. The number of hydrogen-bond donors (Lipinski definition) is 1. The van der Waals surface area contributed by atoms with Crippen molar-refractivity contribution < 1.29 is 9.85 Å². The molecule has 0 bridgehead atoms. The summed E-state index contributed by atoms with van der Waals surface area (Å²) in [6.07, 6.45) is 3.17. The second kappa shape index (κ2) is 6.98. The lowest BCUT2D eigenvalue weighted by atomic mass is 10.2. The minimum absolute atomic E-state index is 0.110. The minimum Gasteiger partial charge on any atom is -0.272 e. The molecule has 1 aromatic rings. The molecule has 0 saturated heterocycles. The molecule has 0 radical (unpaired) electrons. The maximum Gasteiger partial charge on any atom is 0.301 e. The molecule has 0 aliphatic heterocycles. The summed E-state index contributed by atoms with van der Waals surface area (Å²) < 4.78 is 0. The SMILES string of the molecule is C=CCC/C(C)=N/Nc1ccc([N+](=O)[O-])cc1[N+](=O)[O-]. The molecule has 0 saturated carbocycles. The van der Waals surface area contributed by atoms with Crippen molar-refractivity contribution in [2.75, 3.05) is 5.43 Å². The number of nitrogens with one attached hydrogen (secondary N) is 1. The standard InChI is InChI=1S/C12H14N4O4/c1-3-4-5-9(2)13-14-11-7-6-10(15(17)18)8-12(11)16(19)20/h3,6-8,14H,1,4-5H2,2H3/b13-9+. The molecule has 0 unspecified atom stereocenters. The molecule has 0 aromatic heterocycles. The highest BCUT2D eigenvalue weighted by Crippen LogP contribution is 2.28. The maximum absolute atomic E-state index is 10.9. The lowest BCUT2D eigenvalue weighted by molar-refractivity contribution is -0.393. The van der Waals surface area contributed by atoms with Crippen molar-refractivity contribution in [3.8, 4) is 0 Å². The smallest absolute Gasteiger partial charge is 0.272 e. The molecule has 1 rings (SSSR count). The summed E-state index contributed by atoms with van der Waals surface area (Å²) in [5.74, 6) is 0. The Labute approximate surface area is 115 Å². The molecule has 0 aliphatic rings. The van der Waals surface area contributed by atoms with Crippen molar-refractivity contribution in [2.24, 2.45) is 5.10 Å². The number of hydrogen-bond acceptors (Lipinski definition) is 6. The van der Waals surface area contributed by atoms with Crippen LogP contribution in [0, 0.1) is 20.2 Å². The molecule has 0 atom stereocenters. The van der Waals surface area contributed by atoms with E-state index in [0.717, 1.165) is 18.2 Å². The van der Waals surface area contributed by atoms with Crippen LogP contribution in [0.15, 0.2) is 36.0 Å². The Morgan fingerprint density at radius 1 is 1.40 bits per heavy atom. The van der Waals surface area contributed by atoms with Gasteiger partial charge in [-0.2, -0.15) is 5.10 Å². The van der Waals surface area contributed by atoms with Crippen LogP contribution in [-0.2, 0) is 0 Å². The Hall–Kier alpha value is -2.77. The highest BCUT2D eigenvalue weighted by molar-refractivity contribution is 5.83. The van der Waals surface area contributed by atoms with Gasteiger partial charge >= 0.3 is 5.69 Å². The molecule has 0 spiro atoms. The van der Waals surface area contributed by atoms with E-state index >= 15 is 0 Å². The van der Waals surface area contributed by atoms with Crippen molar-refractivity contribution in [2.45, 2.75) is 19.8 Å². The zero-order valence-corrected chi connectivity index (χ0v) is 10.9. The van der Waals surface area contributed by atoms with Gasteiger partial charge in [0.05, 0.1) is 15.9 Å². The van der Waals surface area contributed by atoms with E-state index in [-0.39, 0.29) is 17.1 Å². The molecular formula is C12H14N4O4. The molecule has 20 heavy (non-hydrogen) atoms. The second-order valence-corrected chi connectivity index (χ2v) is 4.00. The normalized spacial score (nSPS) is 10.9. The first-order chi connectivity index (χ1) is 9.45. The van der Waals surface area contributed by atoms with Crippen LogP contribution in [0.5, 0.6) is 0 Å². The number of anilines is 1. The Bertz CT molecular complexity index is 569. The van der Waals surface area contributed by atoms with E-state index in [1.807, 2.05) is 0 Å². The van der Waals surface area contributed by atoms with Crippen molar-refractivity contribution >= 4 is 22.8 Å². The van der Waals surface area contributed by atoms with Crippen LogP contribution < -0.4 is 5.43 Å². The van der Waals surface area contributed by atoms with Gasteiger partial charge in [0, 0.05) is 11.8 Å². The van der Waals surface area contributed by atoms with Gasteiger partial charge in [0.15, 0.2) is 0 Å². The summed E-state index contributed by atoms with van der Waals surface area (Å²) in [5, 5.41) is 25.5. The molecule has 0 amide bonds. The van der Waals surface area contributed by atoms with E-state index in [4.69, 9.17) is 0 Å². The van der Waals surface area contributed by atoms with Gasteiger partial charge in [0.25, 0.3) is 5.69 Å².